The number of halogens is 1. The summed E-state index contributed by atoms with van der Waals surface area (Å²) in [7, 11) is 1.68. The minimum absolute atomic E-state index is 0. The molecule has 1 N–H and O–H groups in total. The number of anilines is 1. The van der Waals surface area contributed by atoms with Crippen molar-refractivity contribution in [2.24, 2.45) is 4.99 Å². The van der Waals surface area contributed by atoms with E-state index in [0.717, 1.165) is 56.1 Å². The number of ether oxygens (including phenoxy) is 2. The SMILES string of the molecule is CCNC(=NCCOCCOC)N1CCN(c2nc(CC)ns2)CC1.I. The van der Waals surface area contributed by atoms with Crippen LogP contribution in [0.25, 0.3) is 0 Å². The van der Waals surface area contributed by atoms with Gasteiger partial charge in [0.1, 0.15) is 5.82 Å². The summed E-state index contributed by atoms with van der Waals surface area (Å²) in [5.41, 5.74) is 0. The topological polar surface area (TPSA) is 75.1 Å². The number of nitrogens with one attached hydrogen (secondary N) is 1. The van der Waals surface area contributed by atoms with Crippen LogP contribution in [0.5, 0.6) is 0 Å². The number of nitrogens with zero attached hydrogens (tertiary/aromatic N) is 5. The van der Waals surface area contributed by atoms with E-state index in [1.54, 1.807) is 7.11 Å². The molecule has 0 unspecified atom stereocenters. The Kier molecular flexibility index (Phi) is 12.1. The molecule has 0 atom stereocenters. The van der Waals surface area contributed by atoms with Crippen molar-refractivity contribution in [2.45, 2.75) is 20.3 Å². The summed E-state index contributed by atoms with van der Waals surface area (Å²) in [4.78, 5) is 13.9. The van der Waals surface area contributed by atoms with Crippen LogP contribution in [0.15, 0.2) is 4.99 Å². The maximum atomic E-state index is 5.48. The predicted octanol–water partition coefficient (Wildman–Crippen LogP) is 1.47. The van der Waals surface area contributed by atoms with Crippen LogP contribution >= 0.6 is 35.5 Å². The molecule has 0 amide bonds. The van der Waals surface area contributed by atoms with Gasteiger partial charge in [-0.15, -0.1) is 24.0 Å². The standard InChI is InChI=1S/C16H30N6O2S.HI/c1-4-14-19-16(25-20-14)22-9-7-21(8-10-22)15(17-5-2)18-6-11-24-13-12-23-3;/h4-13H2,1-3H3,(H,17,18);1H. The van der Waals surface area contributed by atoms with E-state index in [-0.39, 0.29) is 24.0 Å². The molecule has 0 aromatic carbocycles. The molecule has 26 heavy (non-hydrogen) atoms. The number of rotatable bonds is 9. The first-order valence-electron chi connectivity index (χ1n) is 8.96. The van der Waals surface area contributed by atoms with Crippen LogP contribution in [0, 0.1) is 0 Å². The van der Waals surface area contributed by atoms with E-state index in [0.29, 0.717) is 26.4 Å². The fraction of sp³-hybridized carbons (Fsp3) is 0.812. The Morgan fingerprint density at radius 3 is 2.58 bits per heavy atom. The Bertz CT molecular complexity index is 523. The van der Waals surface area contributed by atoms with Crippen LogP contribution in [0.1, 0.15) is 19.7 Å². The van der Waals surface area contributed by atoms with Crippen molar-refractivity contribution < 1.29 is 9.47 Å². The predicted molar refractivity (Wildman–Crippen MR) is 117 cm³/mol. The average molecular weight is 498 g/mol. The highest BCUT2D eigenvalue weighted by molar-refractivity contribution is 14.0. The fourth-order valence-electron chi connectivity index (χ4n) is 2.51. The van der Waals surface area contributed by atoms with Crippen molar-refractivity contribution in [1.29, 1.82) is 0 Å². The molecule has 8 nitrogen and oxygen atoms in total. The number of aryl methyl sites for hydroxylation is 1. The summed E-state index contributed by atoms with van der Waals surface area (Å²) in [6.07, 6.45) is 0.889. The van der Waals surface area contributed by atoms with Gasteiger partial charge >= 0.3 is 0 Å². The monoisotopic (exact) mass is 498 g/mol. The van der Waals surface area contributed by atoms with Crippen molar-refractivity contribution in [3.8, 4) is 0 Å². The molecule has 1 aromatic heterocycles. The maximum Gasteiger partial charge on any atom is 0.205 e. The molecule has 0 saturated carbocycles. The van der Waals surface area contributed by atoms with E-state index in [1.165, 1.54) is 11.5 Å². The number of hydrogen-bond acceptors (Lipinski definition) is 7. The first-order valence-corrected chi connectivity index (χ1v) is 9.73. The molecule has 0 spiro atoms. The lowest BCUT2D eigenvalue weighted by Gasteiger charge is -2.36. The van der Waals surface area contributed by atoms with Gasteiger partial charge in [0.2, 0.25) is 5.13 Å². The van der Waals surface area contributed by atoms with E-state index in [4.69, 9.17) is 9.47 Å². The average Bonchev–Trinajstić information content (AvgIpc) is 3.13. The summed E-state index contributed by atoms with van der Waals surface area (Å²) in [6, 6.07) is 0. The normalized spacial score (nSPS) is 15.1. The molecule has 0 bridgehead atoms. The molecule has 1 aliphatic rings. The molecular weight excluding hydrogens is 467 g/mol. The van der Waals surface area contributed by atoms with Crippen molar-refractivity contribution in [1.82, 2.24) is 19.6 Å². The van der Waals surface area contributed by atoms with Crippen molar-refractivity contribution in [3.05, 3.63) is 5.82 Å². The third kappa shape index (κ3) is 7.49. The quantitative estimate of drug-likeness (QED) is 0.239. The Balaban J connectivity index is 0.00000338. The molecule has 1 fully saturated rings. The summed E-state index contributed by atoms with van der Waals surface area (Å²) in [5.74, 6) is 1.90. The molecule has 1 aromatic rings. The Hall–Kier alpha value is -0.720. The van der Waals surface area contributed by atoms with Crippen LogP contribution in [0.3, 0.4) is 0 Å². The number of methoxy groups -OCH3 is 1. The van der Waals surface area contributed by atoms with Crippen molar-refractivity contribution >= 4 is 46.6 Å². The molecule has 10 heteroatoms. The second-order valence-electron chi connectivity index (χ2n) is 5.66. The van der Waals surface area contributed by atoms with Gasteiger partial charge in [-0.05, 0) is 6.92 Å². The van der Waals surface area contributed by atoms with Crippen LogP contribution in [0.4, 0.5) is 5.13 Å². The molecule has 0 aliphatic carbocycles. The van der Waals surface area contributed by atoms with Gasteiger partial charge in [0, 0.05) is 57.8 Å². The van der Waals surface area contributed by atoms with Crippen molar-refractivity contribution in [3.63, 3.8) is 0 Å². The van der Waals surface area contributed by atoms with E-state index in [9.17, 15) is 0 Å². The maximum absolute atomic E-state index is 5.48. The highest BCUT2D eigenvalue weighted by Crippen LogP contribution is 2.19. The van der Waals surface area contributed by atoms with Gasteiger partial charge in [0.05, 0.1) is 26.4 Å². The molecule has 2 rings (SSSR count). The second-order valence-corrected chi connectivity index (χ2v) is 6.39. The largest absolute Gasteiger partial charge is 0.382 e. The molecule has 2 heterocycles. The van der Waals surface area contributed by atoms with Gasteiger partial charge in [-0.2, -0.15) is 4.37 Å². The van der Waals surface area contributed by atoms with E-state index < -0.39 is 0 Å². The van der Waals surface area contributed by atoms with Crippen molar-refractivity contribution in [2.75, 3.05) is 71.1 Å². The Morgan fingerprint density at radius 1 is 1.19 bits per heavy atom. The van der Waals surface area contributed by atoms with Gasteiger partial charge < -0.3 is 24.6 Å². The number of aromatic nitrogens is 2. The van der Waals surface area contributed by atoms with Gasteiger partial charge in [-0.1, -0.05) is 6.92 Å². The van der Waals surface area contributed by atoms with Crippen LogP contribution in [-0.2, 0) is 15.9 Å². The second kappa shape index (κ2) is 13.4. The highest BCUT2D eigenvalue weighted by Gasteiger charge is 2.21. The zero-order valence-corrected chi connectivity index (χ0v) is 19.1. The van der Waals surface area contributed by atoms with Gasteiger partial charge in [0.25, 0.3) is 0 Å². The molecular formula is C16H31IN6O2S. The zero-order valence-electron chi connectivity index (χ0n) is 15.9. The number of guanidine groups is 1. The Morgan fingerprint density at radius 2 is 1.96 bits per heavy atom. The first-order chi connectivity index (χ1) is 12.3. The lowest BCUT2D eigenvalue weighted by atomic mass is 10.3. The smallest absolute Gasteiger partial charge is 0.205 e. The third-order valence-corrected chi connectivity index (χ3v) is 4.70. The zero-order chi connectivity index (χ0) is 17.9. The number of aliphatic imine (C=N–C) groups is 1. The molecule has 1 saturated heterocycles. The summed E-state index contributed by atoms with van der Waals surface area (Å²) in [6.45, 7) is 11.3. The fourth-order valence-corrected chi connectivity index (χ4v) is 3.31. The van der Waals surface area contributed by atoms with Gasteiger partial charge in [-0.3, -0.25) is 4.99 Å². The van der Waals surface area contributed by atoms with Gasteiger partial charge in [-0.25, -0.2) is 4.98 Å². The van der Waals surface area contributed by atoms with E-state index in [2.05, 4.69) is 43.3 Å². The van der Waals surface area contributed by atoms with Gasteiger partial charge in [0.15, 0.2) is 5.96 Å². The lowest BCUT2D eigenvalue weighted by molar-refractivity contribution is 0.0747. The minimum atomic E-state index is 0. The molecule has 0 radical (unpaired) electrons. The molecule has 150 valence electrons. The summed E-state index contributed by atoms with van der Waals surface area (Å²) < 4.78 is 14.8. The number of hydrogen-bond donors (Lipinski definition) is 1. The minimum Gasteiger partial charge on any atom is -0.382 e. The number of piperazine rings is 1. The third-order valence-electron chi connectivity index (χ3n) is 3.89. The van der Waals surface area contributed by atoms with Crippen LogP contribution in [-0.4, -0.2) is 86.4 Å². The van der Waals surface area contributed by atoms with E-state index >= 15 is 0 Å². The van der Waals surface area contributed by atoms with Crippen LogP contribution < -0.4 is 10.2 Å². The van der Waals surface area contributed by atoms with E-state index in [1.807, 2.05) is 0 Å². The summed E-state index contributed by atoms with van der Waals surface area (Å²) >= 11 is 1.50. The first kappa shape index (κ1) is 23.3. The lowest BCUT2D eigenvalue weighted by Crippen LogP contribution is -2.52. The summed E-state index contributed by atoms with van der Waals surface area (Å²) in [5, 5.41) is 4.41. The van der Waals surface area contributed by atoms with Crippen LogP contribution in [0.2, 0.25) is 0 Å². The Labute approximate surface area is 177 Å². The molecule has 1 aliphatic heterocycles. The highest BCUT2D eigenvalue weighted by atomic mass is 127.